The average molecular weight is 289 g/mol. The molecule has 0 bridgehead atoms. The normalized spacial score (nSPS) is 14.7. The lowest BCUT2D eigenvalue weighted by Crippen LogP contribution is -2.36. The number of hydrogen-bond acceptors (Lipinski definition) is 2. The van der Waals surface area contributed by atoms with E-state index in [4.69, 9.17) is 0 Å². The summed E-state index contributed by atoms with van der Waals surface area (Å²) in [4.78, 5) is 27.3. The summed E-state index contributed by atoms with van der Waals surface area (Å²) in [6.45, 7) is 1.74. The number of anilines is 1. The summed E-state index contributed by atoms with van der Waals surface area (Å²) in [5.41, 5.74) is 1.65. The monoisotopic (exact) mass is 289 g/mol. The highest BCUT2D eigenvalue weighted by Gasteiger charge is 2.16. The van der Waals surface area contributed by atoms with Crippen molar-refractivity contribution in [3.8, 4) is 0 Å². The maximum Gasteiger partial charge on any atom is 0.321 e. The molecule has 5 heteroatoms. The van der Waals surface area contributed by atoms with Gasteiger partial charge in [0.25, 0.3) is 0 Å². The van der Waals surface area contributed by atoms with Crippen LogP contribution in [-0.2, 0) is 11.2 Å². The zero-order valence-corrected chi connectivity index (χ0v) is 12.8. The molecule has 2 rings (SSSR count). The fourth-order valence-corrected chi connectivity index (χ4v) is 2.42. The van der Waals surface area contributed by atoms with Gasteiger partial charge in [-0.05, 0) is 37.0 Å². The van der Waals surface area contributed by atoms with E-state index in [1.54, 1.807) is 14.1 Å². The molecule has 1 aromatic carbocycles. The van der Waals surface area contributed by atoms with Crippen LogP contribution in [0.5, 0.6) is 0 Å². The number of benzene rings is 1. The van der Waals surface area contributed by atoms with E-state index in [1.807, 2.05) is 29.2 Å². The first-order valence-corrected chi connectivity index (χ1v) is 7.41. The minimum absolute atomic E-state index is 0.172. The zero-order chi connectivity index (χ0) is 15.2. The van der Waals surface area contributed by atoms with Crippen LogP contribution < -0.4 is 5.32 Å². The van der Waals surface area contributed by atoms with Gasteiger partial charge in [0.15, 0.2) is 0 Å². The minimum Gasteiger partial charge on any atom is -0.342 e. The maximum atomic E-state index is 12.2. The molecule has 114 valence electrons. The fourth-order valence-electron chi connectivity index (χ4n) is 2.42. The summed E-state index contributed by atoms with van der Waals surface area (Å²) in [6.07, 6.45) is 3.82. The minimum atomic E-state index is -0.172. The Kier molecular flexibility index (Phi) is 5.20. The van der Waals surface area contributed by atoms with Crippen LogP contribution >= 0.6 is 0 Å². The molecule has 0 radical (unpaired) electrons. The van der Waals surface area contributed by atoms with Crippen LogP contribution in [0.4, 0.5) is 10.5 Å². The molecule has 0 aliphatic carbocycles. The van der Waals surface area contributed by atoms with Crippen molar-refractivity contribution in [3.63, 3.8) is 0 Å². The average Bonchev–Trinajstić information content (AvgIpc) is 2.48. The number of nitrogens with zero attached hydrogens (tertiary/aromatic N) is 2. The molecule has 0 aromatic heterocycles. The third-order valence-electron chi connectivity index (χ3n) is 3.65. The van der Waals surface area contributed by atoms with Gasteiger partial charge < -0.3 is 15.1 Å². The topological polar surface area (TPSA) is 52.7 Å². The number of likely N-dealkylation sites (tertiary alicyclic amines) is 1. The molecule has 1 fully saturated rings. The van der Waals surface area contributed by atoms with Gasteiger partial charge >= 0.3 is 6.03 Å². The van der Waals surface area contributed by atoms with Crippen molar-refractivity contribution >= 4 is 17.6 Å². The molecule has 5 nitrogen and oxygen atoms in total. The van der Waals surface area contributed by atoms with Crippen molar-refractivity contribution in [2.75, 3.05) is 32.5 Å². The van der Waals surface area contributed by atoms with Gasteiger partial charge in [-0.2, -0.15) is 0 Å². The smallest absolute Gasteiger partial charge is 0.321 e. The summed E-state index contributed by atoms with van der Waals surface area (Å²) in [5, 5.41) is 2.80. The molecule has 1 aromatic rings. The van der Waals surface area contributed by atoms with Crippen molar-refractivity contribution in [1.82, 2.24) is 9.80 Å². The van der Waals surface area contributed by atoms with Crippen LogP contribution in [0.15, 0.2) is 24.3 Å². The third kappa shape index (κ3) is 4.48. The summed E-state index contributed by atoms with van der Waals surface area (Å²) in [6, 6.07) is 7.31. The van der Waals surface area contributed by atoms with Gasteiger partial charge in [-0.3, -0.25) is 4.79 Å². The number of hydrogen-bond donors (Lipinski definition) is 1. The highest BCUT2D eigenvalue weighted by Crippen LogP contribution is 2.15. The SMILES string of the molecule is CN(C)C(=O)Nc1cccc(CC(=O)N2CCCCC2)c1. The van der Waals surface area contributed by atoms with E-state index in [0.29, 0.717) is 6.42 Å². The van der Waals surface area contributed by atoms with E-state index in [9.17, 15) is 9.59 Å². The molecule has 1 aliphatic heterocycles. The lowest BCUT2D eigenvalue weighted by atomic mass is 10.1. The van der Waals surface area contributed by atoms with Crippen LogP contribution in [0.3, 0.4) is 0 Å². The van der Waals surface area contributed by atoms with Crippen molar-refractivity contribution in [2.24, 2.45) is 0 Å². The second-order valence-electron chi connectivity index (χ2n) is 5.64. The van der Waals surface area contributed by atoms with Crippen LogP contribution in [-0.4, -0.2) is 48.9 Å². The number of nitrogens with one attached hydrogen (secondary N) is 1. The molecule has 0 atom stereocenters. The highest BCUT2D eigenvalue weighted by atomic mass is 16.2. The van der Waals surface area contributed by atoms with Crippen LogP contribution in [0.1, 0.15) is 24.8 Å². The lowest BCUT2D eigenvalue weighted by molar-refractivity contribution is -0.131. The van der Waals surface area contributed by atoms with Crippen molar-refractivity contribution in [3.05, 3.63) is 29.8 Å². The summed E-state index contributed by atoms with van der Waals surface area (Å²) >= 11 is 0. The first kappa shape index (κ1) is 15.4. The Morgan fingerprint density at radius 2 is 1.90 bits per heavy atom. The molecule has 1 N–H and O–H groups in total. The molecule has 0 unspecified atom stereocenters. The van der Waals surface area contributed by atoms with Crippen molar-refractivity contribution < 1.29 is 9.59 Å². The van der Waals surface area contributed by atoms with Crippen molar-refractivity contribution in [1.29, 1.82) is 0 Å². The first-order valence-electron chi connectivity index (χ1n) is 7.41. The Labute approximate surface area is 125 Å². The van der Waals surface area contributed by atoms with Gasteiger partial charge in [0.2, 0.25) is 5.91 Å². The van der Waals surface area contributed by atoms with Gasteiger partial charge in [-0.25, -0.2) is 4.79 Å². The molecule has 21 heavy (non-hydrogen) atoms. The van der Waals surface area contributed by atoms with Crippen LogP contribution in [0.2, 0.25) is 0 Å². The van der Waals surface area contributed by atoms with Crippen LogP contribution in [0.25, 0.3) is 0 Å². The Bertz CT molecular complexity index is 508. The Morgan fingerprint density at radius 1 is 1.19 bits per heavy atom. The second-order valence-corrected chi connectivity index (χ2v) is 5.64. The number of rotatable bonds is 3. The van der Waals surface area contributed by atoms with E-state index >= 15 is 0 Å². The Hall–Kier alpha value is -2.04. The predicted molar refractivity (Wildman–Crippen MR) is 83.3 cm³/mol. The van der Waals surface area contributed by atoms with Gasteiger partial charge in [0.1, 0.15) is 0 Å². The van der Waals surface area contributed by atoms with Crippen LogP contribution in [0, 0.1) is 0 Å². The first-order chi connectivity index (χ1) is 10.1. The van der Waals surface area contributed by atoms with Gasteiger partial charge in [-0.15, -0.1) is 0 Å². The number of amides is 3. The molecule has 1 aliphatic rings. The van der Waals surface area contributed by atoms with Crippen molar-refractivity contribution in [2.45, 2.75) is 25.7 Å². The third-order valence-corrected chi connectivity index (χ3v) is 3.65. The van der Waals surface area contributed by atoms with Gasteiger partial charge in [0.05, 0.1) is 6.42 Å². The van der Waals surface area contributed by atoms with E-state index in [2.05, 4.69) is 5.32 Å². The molecule has 3 amide bonds. The zero-order valence-electron chi connectivity index (χ0n) is 12.8. The predicted octanol–water partition coefficient (Wildman–Crippen LogP) is 2.34. The lowest BCUT2D eigenvalue weighted by Gasteiger charge is -2.26. The molecule has 1 saturated heterocycles. The van der Waals surface area contributed by atoms with Gasteiger partial charge in [-0.1, -0.05) is 12.1 Å². The molecule has 0 saturated carbocycles. The second kappa shape index (κ2) is 7.11. The largest absolute Gasteiger partial charge is 0.342 e. The number of urea groups is 1. The summed E-state index contributed by atoms with van der Waals surface area (Å²) < 4.78 is 0. The van der Waals surface area contributed by atoms with E-state index in [0.717, 1.165) is 37.2 Å². The summed E-state index contributed by atoms with van der Waals surface area (Å²) in [7, 11) is 3.39. The quantitative estimate of drug-likeness (QED) is 0.928. The number of piperidine rings is 1. The molecular formula is C16H23N3O2. The highest BCUT2D eigenvalue weighted by molar-refractivity contribution is 5.89. The number of carbonyl (C=O) groups excluding carboxylic acids is 2. The molecule has 1 heterocycles. The number of carbonyl (C=O) groups is 2. The van der Waals surface area contributed by atoms with E-state index in [-0.39, 0.29) is 11.9 Å². The standard InChI is InChI=1S/C16H23N3O2/c1-18(2)16(21)17-14-8-6-7-13(11-14)12-15(20)19-9-4-3-5-10-19/h6-8,11H,3-5,9-10,12H2,1-2H3,(H,17,21). The van der Waals surface area contributed by atoms with E-state index < -0.39 is 0 Å². The molecular weight excluding hydrogens is 266 g/mol. The van der Waals surface area contributed by atoms with Gasteiger partial charge in [0, 0.05) is 32.9 Å². The summed E-state index contributed by atoms with van der Waals surface area (Å²) in [5.74, 6) is 0.172. The Balaban J connectivity index is 1.97. The van der Waals surface area contributed by atoms with E-state index in [1.165, 1.54) is 11.3 Å². The Morgan fingerprint density at radius 3 is 2.57 bits per heavy atom. The fraction of sp³-hybridized carbons (Fsp3) is 0.500. The molecule has 0 spiro atoms. The maximum absolute atomic E-state index is 12.2.